The summed E-state index contributed by atoms with van der Waals surface area (Å²) in [5.74, 6) is 0. The average Bonchev–Trinajstić information content (AvgIpc) is 2.13. The highest BCUT2D eigenvalue weighted by molar-refractivity contribution is 4.87. The van der Waals surface area contributed by atoms with E-state index in [1.807, 2.05) is 34.6 Å². The molecule has 0 rings (SSSR count). The number of allylic oxidation sites excluding steroid dienone is 2. The van der Waals surface area contributed by atoms with E-state index in [9.17, 15) is 0 Å². The molecule has 0 aliphatic carbocycles. The molecule has 0 radical (unpaired) electrons. The fraction of sp³-hybridized carbons (Fsp3) is 0.600. The zero-order chi connectivity index (χ0) is 11.0. The second-order valence-electron chi connectivity index (χ2n) is 1.65. The predicted octanol–water partition coefficient (Wildman–Crippen LogP) is 2.66. The van der Waals surface area contributed by atoms with Gasteiger partial charge in [-0.3, -0.25) is 0 Å². The van der Waals surface area contributed by atoms with Gasteiger partial charge in [0.2, 0.25) is 0 Å². The van der Waals surface area contributed by atoms with Crippen LogP contribution in [0.15, 0.2) is 24.4 Å². The highest BCUT2D eigenvalue weighted by Gasteiger charge is 1.61. The van der Waals surface area contributed by atoms with Crippen molar-refractivity contribution >= 4 is 0 Å². The summed E-state index contributed by atoms with van der Waals surface area (Å²) in [5.41, 5.74) is 10.7. The molecule has 0 aliphatic heterocycles. The van der Waals surface area contributed by atoms with Crippen molar-refractivity contribution in [2.45, 2.75) is 34.6 Å². The van der Waals surface area contributed by atoms with E-state index in [1.165, 1.54) is 7.05 Å². The number of rotatable bonds is 0. The molecule has 0 saturated heterocycles. The van der Waals surface area contributed by atoms with Crippen molar-refractivity contribution in [1.29, 1.82) is 0 Å². The van der Waals surface area contributed by atoms with Gasteiger partial charge in [-0.05, 0) is 34.0 Å². The van der Waals surface area contributed by atoms with Crippen LogP contribution in [0.5, 0.6) is 0 Å². The van der Waals surface area contributed by atoms with E-state index >= 15 is 0 Å². The van der Waals surface area contributed by atoms with Crippen molar-refractivity contribution in [2.24, 2.45) is 11.5 Å². The second-order valence-corrected chi connectivity index (χ2v) is 1.65. The Morgan fingerprint density at radius 3 is 1.25 bits per heavy atom. The Labute approximate surface area is 78.3 Å². The highest BCUT2D eigenvalue weighted by atomic mass is 14.5. The molecule has 0 aromatic rings. The van der Waals surface area contributed by atoms with E-state index in [4.69, 9.17) is 5.73 Å². The van der Waals surface area contributed by atoms with Gasteiger partial charge in [-0.25, -0.2) is 0 Å². The Hall–Kier alpha value is -0.760. The molecule has 0 fully saturated rings. The number of nitrogens with two attached hydrogens (primary N) is 2. The molecule has 0 unspecified atom stereocenters. The van der Waals surface area contributed by atoms with Crippen LogP contribution in [0.25, 0.3) is 0 Å². The lowest BCUT2D eigenvalue weighted by Gasteiger charge is -1.74. The molecule has 0 amide bonds. The normalized spacial score (nSPS) is 4.92. The van der Waals surface area contributed by atoms with E-state index in [2.05, 4.69) is 12.3 Å². The fourth-order valence-corrected chi connectivity index (χ4v) is 0. The van der Waals surface area contributed by atoms with Crippen molar-refractivity contribution in [1.82, 2.24) is 0 Å². The molecule has 0 heterocycles. The molecule has 0 atom stereocenters. The van der Waals surface area contributed by atoms with Gasteiger partial charge in [0, 0.05) is 0 Å². The Kier molecular flexibility index (Phi) is 91.1. The van der Waals surface area contributed by atoms with Crippen LogP contribution in [0.4, 0.5) is 0 Å². The third-order valence-corrected chi connectivity index (χ3v) is 0.333. The lowest BCUT2D eigenvalue weighted by Crippen LogP contribution is -1.76. The lowest BCUT2D eigenvalue weighted by atomic mass is 10.4. The fourth-order valence-electron chi connectivity index (χ4n) is 0. The average molecular weight is 174 g/mol. The molecule has 12 heavy (non-hydrogen) atoms. The van der Waals surface area contributed by atoms with Crippen molar-refractivity contribution < 1.29 is 0 Å². The Bertz CT molecular complexity index is 71.9. The molecule has 0 bridgehead atoms. The van der Waals surface area contributed by atoms with Crippen LogP contribution >= 0.6 is 0 Å². The second kappa shape index (κ2) is 48.6. The molecule has 2 nitrogen and oxygen atoms in total. The van der Waals surface area contributed by atoms with E-state index in [1.54, 1.807) is 12.3 Å². The van der Waals surface area contributed by atoms with Crippen LogP contribution in [0.1, 0.15) is 34.6 Å². The van der Waals surface area contributed by atoms with Crippen LogP contribution in [0.3, 0.4) is 0 Å². The minimum absolute atomic E-state index is 1.16. The van der Waals surface area contributed by atoms with Crippen LogP contribution in [0.2, 0.25) is 0 Å². The molecule has 0 saturated carbocycles. The molecule has 76 valence electrons. The van der Waals surface area contributed by atoms with Crippen LogP contribution < -0.4 is 11.5 Å². The first kappa shape index (κ1) is 22.5. The van der Waals surface area contributed by atoms with Gasteiger partial charge in [0.15, 0.2) is 0 Å². The summed E-state index contributed by atoms with van der Waals surface area (Å²) in [6.07, 6.45) is 3.33. The first-order chi connectivity index (χ1) is 5.68. The summed E-state index contributed by atoms with van der Waals surface area (Å²) >= 11 is 0. The summed E-state index contributed by atoms with van der Waals surface area (Å²) in [4.78, 5) is 0. The van der Waals surface area contributed by atoms with Crippen molar-refractivity contribution in [3.05, 3.63) is 24.4 Å². The SMILES string of the molecule is C=CC.CC.CC(C)=CN.CN. The topological polar surface area (TPSA) is 52.0 Å². The summed E-state index contributed by atoms with van der Waals surface area (Å²) in [6, 6.07) is 0. The molecule has 2 heteroatoms. The number of hydrogen-bond donors (Lipinski definition) is 2. The molecule has 4 N–H and O–H groups in total. The first-order valence-corrected chi connectivity index (χ1v) is 4.18. The summed E-state index contributed by atoms with van der Waals surface area (Å²) in [6.45, 7) is 13.2. The van der Waals surface area contributed by atoms with Gasteiger partial charge >= 0.3 is 0 Å². The van der Waals surface area contributed by atoms with Gasteiger partial charge < -0.3 is 11.5 Å². The van der Waals surface area contributed by atoms with E-state index in [-0.39, 0.29) is 0 Å². The minimum Gasteiger partial charge on any atom is -0.405 e. The predicted molar refractivity (Wildman–Crippen MR) is 60.9 cm³/mol. The monoisotopic (exact) mass is 174 g/mol. The third kappa shape index (κ3) is 408. The molecule has 0 aliphatic rings. The minimum atomic E-state index is 1.16. The van der Waals surface area contributed by atoms with Gasteiger partial charge in [-0.15, -0.1) is 6.58 Å². The zero-order valence-corrected chi connectivity index (χ0v) is 9.52. The first-order valence-electron chi connectivity index (χ1n) is 4.18. The van der Waals surface area contributed by atoms with E-state index in [0.717, 1.165) is 5.57 Å². The Morgan fingerprint density at radius 2 is 1.25 bits per heavy atom. The highest BCUT2D eigenvalue weighted by Crippen LogP contribution is 1.78. The maximum absolute atomic E-state index is 5.01. The summed E-state index contributed by atoms with van der Waals surface area (Å²) in [7, 11) is 1.50. The molecule has 0 spiro atoms. The van der Waals surface area contributed by atoms with Crippen LogP contribution in [-0.4, -0.2) is 7.05 Å². The van der Waals surface area contributed by atoms with Crippen molar-refractivity contribution in [2.75, 3.05) is 7.05 Å². The maximum atomic E-state index is 5.01. The van der Waals surface area contributed by atoms with Crippen LogP contribution in [0, 0.1) is 0 Å². The van der Waals surface area contributed by atoms with Gasteiger partial charge in [-0.1, -0.05) is 25.5 Å². The van der Waals surface area contributed by atoms with Crippen molar-refractivity contribution in [3.8, 4) is 0 Å². The quantitative estimate of drug-likeness (QED) is 0.555. The maximum Gasteiger partial charge on any atom is -0.00761 e. The Morgan fingerprint density at radius 1 is 1.17 bits per heavy atom. The molecule has 0 aromatic carbocycles. The largest absolute Gasteiger partial charge is 0.405 e. The van der Waals surface area contributed by atoms with Gasteiger partial charge in [0.1, 0.15) is 0 Å². The van der Waals surface area contributed by atoms with Crippen molar-refractivity contribution in [3.63, 3.8) is 0 Å². The van der Waals surface area contributed by atoms with E-state index < -0.39 is 0 Å². The summed E-state index contributed by atoms with van der Waals surface area (Å²) < 4.78 is 0. The van der Waals surface area contributed by atoms with Gasteiger partial charge in [-0.2, -0.15) is 0 Å². The van der Waals surface area contributed by atoms with Gasteiger partial charge in [0.25, 0.3) is 0 Å². The summed E-state index contributed by atoms with van der Waals surface area (Å²) in [5, 5.41) is 0. The smallest absolute Gasteiger partial charge is 0.00761 e. The third-order valence-electron chi connectivity index (χ3n) is 0.333. The van der Waals surface area contributed by atoms with E-state index in [0.29, 0.717) is 0 Å². The molecular formula is C10H26N2. The molecule has 0 aromatic heterocycles. The number of hydrogen-bond acceptors (Lipinski definition) is 2. The Balaban J connectivity index is -0.0000000397. The standard InChI is InChI=1S/C4H9N.C3H6.C2H6.CH5N/c1-4(2)3-5;1-3-2;2*1-2/h3H,5H2,1-2H3;3H,1H2,2H3;1-2H3;2H2,1H3. The zero-order valence-electron chi connectivity index (χ0n) is 9.52. The van der Waals surface area contributed by atoms with Gasteiger partial charge in [0.05, 0.1) is 0 Å². The molecular weight excluding hydrogens is 148 g/mol. The lowest BCUT2D eigenvalue weighted by molar-refractivity contribution is 1.34. The van der Waals surface area contributed by atoms with Crippen LogP contribution in [-0.2, 0) is 0 Å².